The predicted octanol–water partition coefficient (Wildman–Crippen LogP) is 7.86. The molecule has 0 saturated heterocycles. The number of carbonyl (C=O) groups excluding carboxylic acids is 1. The minimum atomic E-state index is -0.108. The average Bonchev–Trinajstić information content (AvgIpc) is 3.14. The normalized spacial score (nSPS) is 31.2. The van der Waals surface area contributed by atoms with Crippen LogP contribution in [0.25, 0.3) is 0 Å². The van der Waals surface area contributed by atoms with Gasteiger partial charge in [-0.15, -0.1) is 0 Å². The lowest BCUT2D eigenvalue weighted by molar-refractivity contribution is -0.154. The van der Waals surface area contributed by atoms with Crippen molar-refractivity contribution < 1.29 is 14.3 Å². The Labute approximate surface area is 211 Å². The molecule has 0 aromatic heterocycles. The summed E-state index contributed by atoms with van der Waals surface area (Å²) < 4.78 is 12.1. The SMILES string of the molecule is CCCCC[C@H]1C[C@H](OC(C)=O)[C@@]2(C)CC[C@@H]3c4ccc(OCc5ccccc5)cc4CC[C@H]3[C@H]12. The van der Waals surface area contributed by atoms with Gasteiger partial charge in [-0.3, -0.25) is 4.79 Å². The minimum absolute atomic E-state index is 0.0905. The summed E-state index contributed by atoms with van der Waals surface area (Å²) in [5, 5.41) is 0. The van der Waals surface area contributed by atoms with Gasteiger partial charge in [0.2, 0.25) is 0 Å². The molecule has 0 bridgehead atoms. The lowest BCUT2D eigenvalue weighted by atomic mass is 9.53. The van der Waals surface area contributed by atoms with Crippen molar-refractivity contribution in [2.45, 2.75) is 97.2 Å². The molecule has 35 heavy (non-hydrogen) atoms. The van der Waals surface area contributed by atoms with Crippen LogP contribution in [0.3, 0.4) is 0 Å². The maximum absolute atomic E-state index is 12.0. The van der Waals surface area contributed by atoms with Gasteiger partial charge in [-0.2, -0.15) is 0 Å². The van der Waals surface area contributed by atoms with Crippen LogP contribution in [0.4, 0.5) is 0 Å². The van der Waals surface area contributed by atoms with E-state index in [1.165, 1.54) is 49.7 Å². The maximum atomic E-state index is 12.0. The van der Waals surface area contributed by atoms with Gasteiger partial charge in [-0.25, -0.2) is 0 Å². The van der Waals surface area contributed by atoms with Crippen LogP contribution in [-0.2, 0) is 22.6 Å². The fourth-order valence-corrected chi connectivity index (χ4v) is 7.96. The van der Waals surface area contributed by atoms with E-state index in [-0.39, 0.29) is 17.5 Å². The number of ether oxygens (including phenoxy) is 2. The van der Waals surface area contributed by atoms with Gasteiger partial charge in [0.05, 0.1) is 0 Å². The molecule has 0 amide bonds. The second kappa shape index (κ2) is 10.4. The number of carbonyl (C=O) groups is 1. The van der Waals surface area contributed by atoms with Crippen LogP contribution in [0.5, 0.6) is 5.75 Å². The van der Waals surface area contributed by atoms with Gasteiger partial charge in [0, 0.05) is 12.3 Å². The summed E-state index contributed by atoms with van der Waals surface area (Å²) >= 11 is 0. The quantitative estimate of drug-likeness (QED) is 0.288. The second-order valence-electron chi connectivity index (χ2n) is 11.6. The summed E-state index contributed by atoms with van der Waals surface area (Å²) in [5.74, 6) is 3.54. The number of unbranched alkanes of at least 4 members (excludes halogenated alkanes) is 2. The molecule has 2 saturated carbocycles. The number of fused-ring (bicyclic) bond motifs is 5. The number of rotatable bonds is 8. The molecule has 2 aromatic carbocycles. The van der Waals surface area contributed by atoms with Gasteiger partial charge in [-0.05, 0) is 84.6 Å². The molecule has 3 aliphatic rings. The Morgan fingerprint density at radius 3 is 2.69 bits per heavy atom. The molecule has 0 aliphatic heterocycles. The summed E-state index contributed by atoms with van der Waals surface area (Å²) in [6.07, 6.45) is 11.0. The molecule has 2 fully saturated rings. The third-order valence-corrected chi connectivity index (χ3v) is 9.49. The zero-order valence-electron chi connectivity index (χ0n) is 21.8. The van der Waals surface area contributed by atoms with Gasteiger partial charge < -0.3 is 9.47 Å². The highest BCUT2D eigenvalue weighted by atomic mass is 16.5. The number of esters is 1. The molecule has 0 N–H and O–H groups in total. The van der Waals surface area contributed by atoms with Crippen LogP contribution in [0.2, 0.25) is 0 Å². The van der Waals surface area contributed by atoms with E-state index < -0.39 is 0 Å². The lowest BCUT2D eigenvalue weighted by Gasteiger charge is -2.51. The maximum Gasteiger partial charge on any atom is 0.302 e. The Morgan fingerprint density at radius 2 is 1.91 bits per heavy atom. The molecule has 0 radical (unpaired) electrons. The topological polar surface area (TPSA) is 35.5 Å². The van der Waals surface area contributed by atoms with Crippen molar-refractivity contribution in [3.8, 4) is 5.75 Å². The molecular formula is C32H42O3. The van der Waals surface area contributed by atoms with Crippen molar-refractivity contribution in [3.05, 3.63) is 65.2 Å². The zero-order valence-corrected chi connectivity index (χ0v) is 21.8. The minimum Gasteiger partial charge on any atom is -0.489 e. The molecule has 5 rings (SSSR count). The van der Waals surface area contributed by atoms with Crippen LogP contribution in [0.1, 0.15) is 94.7 Å². The first-order chi connectivity index (χ1) is 17.0. The van der Waals surface area contributed by atoms with E-state index in [9.17, 15) is 4.79 Å². The van der Waals surface area contributed by atoms with E-state index in [4.69, 9.17) is 9.47 Å². The van der Waals surface area contributed by atoms with Crippen molar-refractivity contribution in [2.75, 3.05) is 0 Å². The smallest absolute Gasteiger partial charge is 0.302 e. The van der Waals surface area contributed by atoms with E-state index >= 15 is 0 Å². The van der Waals surface area contributed by atoms with E-state index in [0.717, 1.165) is 25.0 Å². The Kier molecular flexibility index (Phi) is 7.23. The number of aryl methyl sites for hydroxylation is 1. The van der Waals surface area contributed by atoms with Gasteiger partial charge in [0.1, 0.15) is 18.5 Å². The first kappa shape index (κ1) is 24.4. The van der Waals surface area contributed by atoms with E-state index in [0.29, 0.717) is 30.3 Å². The standard InChI is InChI=1S/C32H42O3/c1-4-5-7-12-25-20-30(35-22(2)33)32(3)18-17-28-27-16-14-26(34-21-23-10-8-6-9-11-23)19-24(27)13-15-29(28)31(25)32/h6,8-11,14,16,19,25,28-31H,4-5,7,12-13,15,17-18,20-21H2,1-3H3/t25-,28+,29+,30-,31-,32+/m0/s1. The molecule has 3 heteroatoms. The highest BCUT2D eigenvalue weighted by molar-refractivity contribution is 5.66. The second-order valence-corrected chi connectivity index (χ2v) is 11.6. The molecule has 2 aromatic rings. The van der Waals surface area contributed by atoms with Crippen LogP contribution in [0.15, 0.2) is 48.5 Å². The van der Waals surface area contributed by atoms with Crippen LogP contribution < -0.4 is 4.74 Å². The Morgan fingerprint density at radius 1 is 1.09 bits per heavy atom. The average molecular weight is 475 g/mol. The Balaban J connectivity index is 1.35. The molecule has 188 valence electrons. The molecule has 0 heterocycles. The number of hydrogen-bond donors (Lipinski definition) is 0. The number of hydrogen-bond acceptors (Lipinski definition) is 3. The Bertz CT molecular complexity index is 1010. The molecular weight excluding hydrogens is 432 g/mol. The summed E-state index contributed by atoms with van der Waals surface area (Å²) in [4.78, 5) is 12.0. The molecule has 3 aliphatic carbocycles. The highest BCUT2D eigenvalue weighted by Gasteiger charge is 2.59. The van der Waals surface area contributed by atoms with Crippen LogP contribution in [-0.4, -0.2) is 12.1 Å². The third kappa shape index (κ3) is 4.88. The van der Waals surface area contributed by atoms with E-state index in [2.05, 4.69) is 56.3 Å². The fraction of sp³-hybridized carbons (Fsp3) is 0.594. The van der Waals surface area contributed by atoms with Crippen molar-refractivity contribution in [3.63, 3.8) is 0 Å². The molecule has 0 unspecified atom stereocenters. The highest BCUT2D eigenvalue weighted by Crippen LogP contribution is 2.64. The summed E-state index contributed by atoms with van der Waals surface area (Å²) in [5.41, 5.74) is 4.37. The van der Waals surface area contributed by atoms with Gasteiger partial charge in [0.15, 0.2) is 0 Å². The lowest BCUT2D eigenvalue weighted by Crippen LogP contribution is -2.46. The summed E-state index contributed by atoms with van der Waals surface area (Å²) in [6, 6.07) is 17.2. The third-order valence-electron chi connectivity index (χ3n) is 9.49. The van der Waals surface area contributed by atoms with Crippen LogP contribution in [0, 0.1) is 23.2 Å². The summed E-state index contributed by atoms with van der Waals surface area (Å²) in [7, 11) is 0. The Hall–Kier alpha value is -2.29. The first-order valence-electron chi connectivity index (χ1n) is 14.0. The molecule has 3 nitrogen and oxygen atoms in total. The summed E-state index contributed by atoms with van der Waals surface area (Å²) in [6.45, 7) is 6.93. The van der Waals surface area contributed by atoms with Crippen molar-refractivity contribution in [1.29, 1.82) is 0 Å². The van der Waals surface area contributed by atoms with Crippen molar-refractivity contribution in [2.24, 2.45) is 23.2 Å². The fourth-order valence-electron chi connectivity index (χ4n) is 7.96. The first-order valence-corrected chi connectivity index (χ1v) is 14.0. The van der Waals surface area contributed by atoms with Crippen LogP contribution >= 0.6 is 0 Å². The monoisotopic (exact) mass is 474 g/mol. The number of benzene rings is 2. The zero-order chi connectivity index (χ0) is 24.4. The largest absolute Gasteiger partial charge is 0.489 e. The van der Waals surface area contributed by atoms with Gasteiger partial charge in [0.25, 0.3) is 0 Å². The van der Waals surface area contributed by atoms with Crippen molar-refractivity contribution >= 4 is 5.97 Å². The van der Waals surface area contributed by atoms with Gasteiger partial charge >= 0.3 is 5.97 Å². The molecule has 6 atom stereocenters. The van der Waals surface area contributed by atoms with Crippen molar-refractivity contribution in [1.82, 2.24) is 0 Å². The van der Waals surface area contributed by atoms with E-state index in [1.807, 2.05) is 6.07 Å². The van der Waals surface area contributed by atoms with E-state index in [1.54, 1.807) is 12.5 Å². The van der Waals surface area contributed by atoms with Gasteiger partial charge in [-0.1, -0.05) is 75.9 Å². The predicted molar refractivity (Wildman–Crippen MR) is 140 cm³/mol. The molecule has 0 spiro atoms.